The van der Waals surface area contributed by atoms with Gasteiger partial charge in [0.25, 0.3) is 0 Å². The second-order valence-corrected chi connectivity index (χ2v) is 5.12. The maximum absolute atomic E-state index is 12.8. The van der Waals surface area contributed by atoms with E-state index < -0.39 is 0 Å². The Hall–Kier alpha value is -1.91. The zero-order valence-corrected chi connectivity index (χ0v) is 11.6. The van der Waals surface area contributed by atoms with Crippen LogP contribution in [0.4, 0.5) is 4.39 Å². The Labute approximate surface area is 118 Å². The molecule has 1 fully saturated rings. The van der Waals surface area contributed by atoms with Crippen LogP contribution in [0.1, 0.15) is 25.3 Å². The first-order chi connectivity index (χ1) is 9.56. The van der Waals surface area contributed by atoms with Gasteiger partial charge in [-0.3, -0.25) is 9.59 Å². The summed E-state index contributed by atoms with van der Waals surface area (Å²) in [7, 11) is 0. The fraction of sp³-hybridized carbons (Fsp3) is 0.467. The predicted octanol–water partition coefficient (Wildman–Crippen LogP) is 1.70. The number of piperidine rings is 1. The fourth-order valence-corrected chi connectivity index (χ4v) is 2.39. The van der Waals surface area contributed by atoms with Crippen molar-refractivity contribution in [3.05, 3.63) is 35.6 Å². The summed E-state index contributed by atoms with van der Waals surface area (Å²) in [5, 5.41) is 2.87. The van der Waals surface area contributed by atoms with Crippen LogP contribution in [0.15, 0.2) is 24.3 Å². The summed E-state index contributed by atoms with van der Waals surface area (Å²) >= 11 is 0. The Morgan fingerprint density at radius 2 is 1.85 bits per heavy atom. The van der Waals surface area contributed by atoms with E-state index in [1.165, 1.54) is 12.1 Å². The number of rotatable bonds is 3. The molecular formula is C15H19FN2O2. The van der Waals surface area contributed by atoms with Gasteiger partial charge in [-0.25, -0.2) is 4.39 Å². The lowest BCUT2D eigenvalue weighted by Crippen LogP contribution is -2.42. The molecule has 5 heteroatoms. The van der Waals surface area contributed by atoms with Crippen molar-refractivity contribution in [2.75, 3.05) is 13.1 Å². The van der Waals surface area contributed by atoms with Crippen LogP contribution in [0.2, 0.25) is 0 Å². The Kier molecular flexibility index (Phi) is 4.71. The Morgan fingerprint density at radius 1 is 1.25 bits per heavy atom. The molecule has 2 rings (SSSR count). The van der Waals surface area contributed by atoms with E-state index in [9.17, 15) is 14.0 Å². The third kappa shape index (κ3) is 3.79. The maximum Gasteiger partial charge on any atom is 0.223 e. The van der Waals surface area contributed by atoms with Gasteiger partial charge in [-0.15, -0.1) is 0 Å². The molecule has 1 aromatic carbocycles. The van der Waals surface area contributed by atoms with Crippen LogP contribution < -0.4 is 5.32 Å². The second kappa shape index (κ2) is 6.50. The van der Waals surface area contributed by atoms with Crippen molar-refractivity contribution in [1.29, 1.82) is 0 Å². The van der Waals surface area contributed by atoms with Crippen LogP contribution in [0.3, 0.4) is 0 Å². The number of carbonyl (C=O) groups is 2. The molecule has 0 spiro atoms. The van der Waals surface area contributed by atoms with Crippen molar-refractivity contribution in [2.45, 2.75) is 26.3 Å². The molecule has 0 saturated carbocycles. The van der Waals surface area contributed by atoms with Gasteiger partial charge in [0, 0.05) is 32.5 Å². The van der Waals surface area contributed by atoms with Gasteiger partial charge in [-0.2, -0.15) is 0 Å². The number of carbonyl (C=O) groups excluding carboxylic acids is 2. The third-order valence-electron chi connectivity index (χ3n) is 3.69. The SMILES string of the molecule is CC(=O)N1CCC(C(=O)NCc2ccc(F)cc2)CC1. The lowest BCUT2D eigenvalue weighted by molar-refractivity contribution is -0.134. The summed E-state index contributed by atoms with van der Waals surface area (Å²) in [4.78, 5) is 25.0. The Balaban J connectivity index is 1.78. The van der Waals surface area contributed by atoms with Crippen molar-refractivity contribution in [2.24, 2.45) is 5.92 Å². The number of likely N-dealkylation sites (tertiary alicyclic amines) is 1. The van der Waals surface area contributed by atoms with Crippen molar-refractivity contribution >= 4 is 11.8 Å². The first-order valence-corrected chi connectivity index (χ1v) is 6.84. The summed E-state index contributed by atoms with van der Waals surface area (Å²) in [5.41, 5.74) is 0.876. The molecule has 0 aliphatic carbocycles. The van der Waals surface area contributed by atoms with Gasteiger partial charge in [0.15, 0.2) is 0 Å². The molecule has 1 aromatic rings. The highest BCUT2D eigenvalue weighted by Gasteiger charge is 2.25. The van der Waals surface area contributed by atoms with Gasteiger partial charge in [-0.05, 0) is 30.5 Å². The molecule has 0 aromatic heterocycles. The molecule has 0 unspecified atom stereocenters. The minimum atomic E-state index is -0.281. The molecule has 1 N–H and O–H groups in total. The number of hydrogen-bond donors (Lipinski definition) is 1. The van der Waals surface area contributed by atoms with Crippen LogP contribution in [-0.4, -0.2) is 29.8 Å². The van der Waals surface area contributed by atoms with E-state index in [0.29, 0.717) is 32.5 Å². The van der Waals surface area contributed by atoms with Gasteiger partial charge in [-0.1, -0.05) is 12.1 Å². The molecule has 108 valence electrons. The molecule has 20 heavy (non-hydrogen) atoms. The normalized spacial score (nSPS) is 16.0. The first-order valence-electron chi connectivity index (χ1n) is 6.84. The molecule has 1 aliphatic heterocycles. The zero-order valence-electron chi connectivity index (χ0n) is 11.6. The number of amides is 2. The average Bonchev–Trinajstić information content (AvgIpc) is 2.46. The van der Waals surface area contributed by atoms with Crippen LogP contribution in [0, 0.1) is 11.7 Å². The quantitative estimate of drug-likeness (QED) is 0.915. The van der Waals surface area contributed by atoms with Crippen LogP contribution in [-0.2, 0) is 16.1 Å². The lowest BCUT2D eigenvalue weighted by Gasteiger charge is -2.30. The van der Waals surface area contributed by atoms with E-state index in [2.05, 4.69) is 5.32 Å². The molecule has 0 bridgehead atoms. The van der Waals surface area contributed by atoms with E-state index in [4.69, 9.17) is 0 Å². The summed E-state index contributed by atoms with van der Waals surface area (Å²) in [6.07, 6.45) is 1.41. The number of benzene rings is 1. The Morgan fingerprint density at radius 3 is 2.40 bits per heavy atom. The molecule has 4 nitrogen and oxygen atoms in total. The van der Waals surface area contributed by atoms with E-state index in [1.807, 2.05) is 0 Å². The van der Waals surface area contributed by atoms with Crippen molar-refractivity contribution < 1.29 is 14.0 Å². The smallest absolute Gasteiger partial charge is 0.223 e. The standard InChI is InChI=1S/C15H19FN2O2/c1-11(19)18-8-6-13(7-9-18)15(20)17-10-12-2-4-14(16)5-3-12/h2-5,13H,6-10H2,1H3,(H,17,20). The van der Waals surface area contributed by atoms with E-state index in [0.717, 1.165) is 5.56 Å². The molecular weight excluding hydrogens is 259 g/mol. The Bertz CT molecular complexity index is 479. The van der Waals surface area contributed by atoms with E-state index in [1.54, 1.807) is 24.0 Å². The summed E-state index contributed by atoms with van der Waals surface area (Å²) in [6.45, 7) is 3.24. The molecule has 1 aliphatic rings. The fourth-order valence-electron chi connectivity index (χ4n) is 2.39. The minimum absolute atomic E-state index is 0.0116. The first kappa shape index (κ1) is 14.5. The predicted molar refractivity (Wildman–Crippen MR) is 73.2 cm³/mol. The summed E-state index contributed by atoms with van der Waals surface area (Å²) < 4.78 is 12.8. The zero-order chi connectivity index (χ0) is 14.5. The van der Waals surface area contributed by atoms with Gasteiger partial charge in [0.05, 0.1) is 0 Å². The molecule has 1 heterocycles. The van der Waals surface area contributed by atoms with E-state index in [-0.39, 0.29) is 23.5 Å². The maximum atomic E-state index is 12.8. The van der Waals surface area contributed by atoms with Gasteiger partial charge in [0.2, 0.25) is 11.8 Å². The minimum Gasteiger partial charge on any atom is -0.352 e. The summed E-state index contributed by atoms with van der Waals surface area (Å²) in [6, 6.07) is 6.08. The highest BCUT2D eigenvalue weighted by atomic mass is 19.1. The third-order valence-corrected chi connectivity index (χ3v) is 3.69. The van der Waals surface area contributed by atoms with E-state index >= 15 is 0 Å². The topological polar surface area (TPSA) is 49.4 Å². The highest BCUT2D eigenvalue weighted by molar-refractivity contribution is 5.79. The average molecular weight is 278 g/mol. The summed E-state index contributed by atoms with van der Waals surface area (Å²) in [5.74, 6) is -0.240. The van der Waals surface area contributed by atoms with Crippen LogP contribution in [0.5, 0.6) is 0 Å². The van der Waals surface area contributed by atoms with Crippen molar-refractivity contribution in [1.82, 2.24) is 10.2 Å². The lowest BCUT2D eigenvalue weighted by atomic mass is 9.96. The van der Waals surface area contributed by atoms with Crippen molar-refractivity contribution in [3.63, 3.8) is 0 Å². The van der Waals surface area contributed by atoms with Gasteiger partial charge in [0.1, 0.15) is 5.82 Å². The molecule has 0 atom stereocenters. The van der Waals surface area contributed by atoms with Crippen molar-refractivity contribution in [3.8, 4) is 0 Å². The largest absolute Gasteiger partial charge is 0.352 e. The van der Waals surface area contributed by atoms with Crippen LogP contribution >= 0.6 is 0 Å². The van der Waals surface area contributed by atoms with Gasteiger partial charge < -0.3 is 10.2 Å². The highest BCUT2D eigenvalue weighted by Crippen LogP contribution is 2.17. The number of nitrogens with one attached hydrogen (secondary N) is 1. The molecule has 2 amide bonds. The molecule has 0 radical (unpaired) electrons. The number of hydrogen-bond acceptors (Lipinski definition) is 2. The number of halogens is 1. The van der Waals surface area contributed by atoms with Crippen LogP contribution in [0.25, 0.3) is 0 Å². The number of nitrogens with zero attached hydrogens (tertiary/aromatic N) is 1. The molecule has 1 saturated heterocycles. The van der Waals surface area contributed by atoms with Gasteiger partial charge >= 0.3 is 0 Å². The second-order valence-electron chi connectivity index (χ2n) is 5.12. The monoisotopic (exact) mass is 278 g/mol.